The minimum Gasteiger partial charge on any atom is -0.306 e. The van der Waals surface area contributed by atoms with Gasteiger partial charge in [0, 0.05) is 32.8 Å². The molecule has 0 aromatic heterocycles. The number of nitrogens with two attached hydrogens (primary N) is 1. The normalized spacial score (nSPS) is 15.2. The van der Waals surface area contributed by atoms with Gasteiger partial charge in [0.2, 0.25) is 0 Å². The largest absolute Gasteiger partial charge is 0.306 e. The summed E-state index contributed by atoms with van der Waals surface area (Å²) in [6.45, 7) is 0. The van der Waals surface area contributed by atoms with E-state index in [1.54, 1.807) is 43.2 Å². The van der Waals surface area contributed by atoms with E-state index in [1.165, 1.54) is 0 Å². The first-order valence-electron chi connectivity index (χ1n) is 7.43. The summed E-state index contributed by atoms with van der Waals surface area (Å²) in [4.78, 5) is 5.43. The van der Waals surface area contributed by atoms with Crippen LogP contribution in [-0.4, -0.2) is 59.6 Å². The van der Waals surface area contributed by atoms with Crippen molar-refractivity contribution in [3.05, 3.63) is 20.9 Å². The molecule has 11 nitrogen and oxygen atoms in total. The van der Waals surface area contributed by atoms with E-state index in [4.69, 9.17) is 21.5 Å². The summed E-state index contributed by atoms with van der Waals surface area (Å²) in [6.07, 6.45) is 1.15. The fourth-order valence-corrected chi connectivity index (χ4v) is 7.69. The van der Waals surface area contributed by atoms with Gasteiger partial charge in [-0.15, -0.1) is 0 Å². The second-order valence-corrected chi connectivity index (χ2v) is 12.2. The van der Waals surface area contributed by atoms with Gasteiger partial charge in [-0.25, -0.2) is 12.7 Å². The van der Waals surface area contributed by atoms with Crippen molar-refractivity contribution >= 4 is 65.3 Å². The van der Waals surface area contributed by atoms with Crippen LogP contribution in [0.15, 0.2) is 10.2 Å². The molecule has 0 spiro atoms. The summed E-state index contributed by atoms with van der Waals surface area (Å²) in [5.74, 6) is 8.19. The predicted molar refractivity (Wildman–Crippen MR) is 119 cm³/mol. The molecule has 0 aromatic carbocycles. The van der Waals surface area contributed by atoms with E-state index in [2.05, 4.69) is 24.3 Å². The average molecular weight is 496 g/mol. The Bertz CT molecular complexity index is 546. The maximum atomic E-state index is 11.2. The number of hydrogen-bond donors (Lipinski definition) is 2. The van der Waals surface area contributed by atoms with Crippen molar-refractivity contribution < 1.29 is 17.3 Å². The Labute approximate surface area is 178 Å². The lowest BCUT2D eigenvalue weighted by atomic mass is 10.3. The van der Waals surface area contributed by atoms with Crippen LogP contribution in [0.1, 0.15) is 12.8 Å². The Hall–Kier alpha value is 0.200. The Kier molecular flexibility index (Phi) is 19.7. The van der Waals surface area contributed by atoms with Gasteiger partial charge in [-0.1, -0.05) is 53.4 Å². The van der Waals surface area contributed by atoms with Crippen LogP contribution in [0.5, 0.6) is 0 Å². The molecular formula is C10H21N7O4S6. The molecule has 0 rings (SSSR count). The van der Waals surface area contributed by atoms with E-state index in [0.29, 0.717) is 12.8 Å². The van der Waals surface area contributed by atoms with Crippen LogP contribution in [0, 0.1) is 0 Å². The van der Waals surface area contributed by atoms with Crippen LogP contribution in [0.4, 0.5) is 0 Å². The van der Waals surface area contributed by atoms with Gasteiger partial charge in [0.15, 0.2) is 22.2 Å². The second-order valence-electron chi connectivity index (χ2n) is 4.64. The molecule has 0 fully saturated rings. The molecule has 27 heavy (non-hydrogen) atoms. The quantitative estimate of drug-likeness (QED) is 0.0543. The lowest BCUT2D eigenvalue weighted by molar-refractivity contribution is 0.365. The van der Waals surface area contributed by atoms with E-state index in [9.17, 15) is 8.42 Å². The number of azide groups is 2. The molecule has 0 aliphatic carbocycles. The first-order valence-corrected chi connectivity index (χ1v) is 14.9. The van der Waals surface area contributed by atoms with Crippen molar-refractivity contribution in [3.8, 4) is 0 Å². The smallest absolute Gasteiger partial charge is 0.173 e. The third-order valence-corrected chi connectivity index (χ3v) is 9.37. The zero-order valence-electron chi connectivity index (χ0n) is 14.2. The standard InChI is InChI=1S/C10H21N7O4S6/c11-16-14-9(7-26(18)19)1-3-22-24-5-6-25-23-4-2-10(15-17-12)8-27(20)21-13/h9-10H,1-8,13H2,(H,18,19). The molecule has 0 saturated heterocycles. The molecule has 0 heterocycles. The summed E-state index contributed by atoms with van der Waals surface area (Å²) in [5.41, 5.74) is 16.9. The molecule has 0 amide bonds. The minimum atomic E-state index is -1.96. The highest BCUT2D eigenvalue weighted by Gasteiger charge is 2.12. The Morgan fingerprint density at radius 2 is 1.37 bits per heavy atom. The number of rotatable bonds is 18. The zero-order valence-corrected chi connectivity index (χ0v) is 19.1. The summed E-state index contributed by atoms with van der Waals surface area (Å²) >= 11 is -3.61. The van der Waals surface area contributed by atoms with E-state index in [0.717, 1.165) is 23.0 Å². The molecule has 0 aromatic rings. The third-order valence-electron chi connectivity index (χ3n) is 2.69. The van der Waals surface area contributed by atoms with E-state index >= 15 is 0 Å². The molecule has 0 aliphatic heterocycles. The molecule has 4 unspecified atom stereocenters. The van der Waals surface area contributed by atoms with Gasteiger partial charge in [0.25, 0.3) is 0 Å². The van der Waals surface area contributed by atoms with Gasteiger partial charge in [-0.3, -0.25) is 0 Å². The average Bonchev–Trinajstić information content (AvgIpc) is 2.62. The Balaban J connectivity index is 3.68. The molecule has 3 N–H and O–H groups in total. The van der Waals surface area contributed by atoms with Crippen LogP contribution >= 0.6 is 43.2 Å². The third kappa shape index (κ3) is 18.0. The highest BCUT2D eigenvalue weighted by molar-refractivity contribution is 8.78. The van der Waals surface area contributed by atoms with Crippen LogP contribution in [-0.2, 0) is 26.4 Å². The minimum absolute atomic E-state index is 0.0381. The topological polar surface area (TPSA) is 187 Å². The lowest BCUT2D eigenvalue weighted by Gasteiger charge is -2.09. The first-order chi connectivity index (χ1) is 13.0. The monoisotopic (exact) mass is 495 g/mol. The molecule has 0 radical (unpaired) electrons. The maximum absolute atomic E-state index is 11.2. The maximum Gasteiger partial charge on any atom is 0.173 e. The second kappa shape index (κ2) is 19.5. The van der Waals surface area contributed by atoms with Gasteiger partial charge in [0.1, 0.15) is 0 Å². The molecule has 156 valence electrons. The van der Waals surface area contributed by atoms with Gasteiger partial charge in [-0.05, 0) is 23.9 Å². The highest BCUT2D eigenvalue weighted by atomic mass is 33.1. The van der Waals surface area contributed by atoms with Gasteiger partial charge in [-0.2, -0.15) is 5.90 Å². The summed E-state index contributed by atoms with van der Waals surface area (Å²) in [6, 6.07) is -0.864. The molecular weight excluding hydrogens is 475 g/mol. The van der Waals surface area contributed by atoms with Gasteiger partial charge < -0.3 is 4.55 Å². The summed E-state index contributed by atoms with van der Waals surface area (Å²) < 4.78 is 35.0. The van der Waals surface area contributed by atoms with Gasteiger partial charge >= 0.3 is 0 Å². The van der Waals surface area contributed by atoms with Crippen molar-refractivity contribution in [1.82, 2.24) is 0 Å². The van der Waals surface area contributed by atoms with Crippen LogP contribution in [0.25, 0.3) is 20.9 Å². The molecule has 4 atom stereocenters. The van der Waals surface area contributed by atoms with Crippen molar-refractivity contribution in [3.63, 3.8) is 0 Å². The fraction of sp³-hybridized carbons (Fsp3) is 1.00. The first kappa shape index (κ1) is 27.2. The fourth-order valence-electron chi connectivity index (χ4n) is 1.53. The Morgan fingerprint density at radius 1 is 0.926 bits per heavy atom. The predicted octanol–water partition coefficient (Wildman–Crippen LogP) is 3.66. The van der Waals surface area contributed by atoms with Crippen molar-refractivity contribution in [2.24, 2.45) is 16.1 Å². The van der Waals surface area contributed by atoms with Crippen molar-refractivity contribution in [1.29, 1.82) is 0 Å². The molecule has 17 heteroatoms. The van der Waals surface area contributed by atoms with Crippen LogP contribution < -0.4 is 5.90 Å². The van der Waals surface area contributed by atoms with E-state index in [1.807, 2.05) is 0 Å². The zero-order chi connectivity index (χ0) is 20.3. The molecule has 0 aliphatic rings. The van der Waals surface area contributed by atoms with Crippen LogP contribution in [0.3, 0.4) is 0 Å². The molecule has 0 saturated carbocycles. The number of hydrogen-bond acceptors (Lipinski definition) is 10. The SMILES string of the molecule is [N-]=[N+]=NC(CCSSCCSSCCC(CS(=O)ON)N=[N+]=[N-])CS(=O)O. The van der Waals surface area contributed by atoms with E-state index in [-0.39, 0.29) is 11.5 Å². The molecule has 0 bridgehead atoms. The summed E-state index contributed by atoms with van der Waals surface area (Å²) in [7, 11) is 6.66. The van der Waals surface area contributed by atoms with Crippen molar-refractivity contribution in [2.75, 3.05) is 34.5 Å². The van der Waals surface area contributed by atoms with Crippen molar-refractivity contribution in [2.45, 2.75) is 24.9 Å². The van der Waals surface area contributed by atoms with Gasteiger partial charge in [0.05, 0.1) is 23.6 Å². The summed E-state index contributed by atoms with van der Waals surface area (Å²) in [5, 5.41) is 7.10. The highest BCUT2D eigenvalue weighted by Crippen LogP contribution is 2.28. The van der Waals surface area contributed by atoms with E-state index < -0.39 is 34.2 Å². The lowest BCUT2D eigenvalue weighted by Crippen LogP contribution is -2.18. The Morgan fingerprint density at radius 3 is 1.78 bits per heavy atom. The van der Waals surface area contributed by atoms with Crippen LogP contribution in [0.2, 0.25) is 0 Å². The number of nitrogens with zero attached hydrogens (tertiary/aromatic N) is 6.